The second-order valence-corrected chi connectivity index (χ2v) is 8.06. The van der Waals surface area contributed by atoms with Crippen molar-refractivity contribution in [1.29, 1.82) is 0 Å². The van der Waals surface area contributed by atoms with Crippen molar-refractivity contribution >= 4 is 35.1 Å². The Kier molecular flexibility index (Phi) is 4.31. The van der Waals surface area contributed by atoms with Gasteiger partial charge in [0.25, 0.3) is 0 Å². The molecular weight excluding hydrogens is 322 g/mol. The molecule has 3 heterocycles. The summed E-state index contributed by atoms with van der Waals surface area (Å²) >= 11 is 3.27. The fourth-order valence-corrected chi connectivity index (χ4v) is 4.63. The Morgan fingerprint density at radius 1 is 1.55 bits per heavy atom. The van der Waals surface area contributed by atoms with Gasteiger partial charge in [-0.1, -0.05) is 18.7 Å². The lowest BCUT2D eigenvalue weighted by Crippen LogP contribution is -2.39. The zero-order chi connectivity index (χ0) is 15.7. The van der Waals surface area contributed by atoms with Crippen molar-refractivity contribution in [3.8, 4) is 0 Å². The number of hydrogen-bond donors (Lipinski definition) is 0. The van der Waals surface area contributed by atoms with Crippen LogP contribution in [-0.2, 0) is 16.0 Å². The number of nitrogens with zero attached hydrogens (tertiary/aromatic N) is 3. The maximum absolute atomic E-state index is 12.4. The minimum Gasteiger partial charge on any atom is -0.439 e. The van der Waals surface area contributed by atoms with Gasteiger partial charge in [-0.15, -0.1) is 11.3 Å². The first kappa shape index (κ1) is 15.6. The van der Waals surface area contributed by atoms with E-state index in [-0.39, 0.29) is 12.0 Å². The number of carbonyl (C=O) groups excluding carboxylic acids is 2. The maximum Gasteiger partial charge on any atom is 0.410 e. The molecule has 0 aromatic carbocycles. The number of amides is 2. The highest BCUT2D eigenvalue weighted by atomic mass is 32.2. The van der Waals surface area contributed by atoms with Crippen LogP contribution in [-0.4, -0.2) is 64.8 Å². The smallest absolute Gasteiger partial charge is 0.410 e. The second kappa shape index (κ2) is 6.08. The first-order chi connectivity index (χ1) is 10.5. The third-order valence-electron chi connectivity index (χ3n) is 3.94. The zero-order valence-electron chi connectivity index (χ0n) is 12.7. The van der Waals surface area contributed by atoms with Crippen molar-refractivity contribution in [3.63, 3.8) is 0 Å². The summed E-state index contributed by atoms with van der Waals surface area (Å²) in [6, 6.07) is 0. The number of thioether (sulfide) groups is 1. The fraction of sp³-hybridized carbons (Fsp3) is 0.643. The molecule has 1 atom stereocenters. The Morgan fingerprint density at radius 2 is 2.36 bits per heavy atom. The summed E-state index contributed by atoms with van der Waals surface area (Å²) in [5.74, 6) is 1.04. The van der Waals surface area contributed by atoms with Crippen LogP contribution in [0.2, 0.25) is 0 Å². The van der Waals surface area contributed by atoms with Gasteiger partial charge in [0.15, 0.2) is 5.60 Å². The number of carbonyl (C=O) groups is 2. The Balaban J connectivity index is 1.58. The molecule has 2 aliphatic heterocycles. The van der Waals surface area contributed by atoms with Crippen molar-refractivity contribution in [2.75, 3.05) is 32.4 Å². The summed E-state index contributed by atoms with van der Waals surface area (Å²) in [7, 11) is 1.73. The van der Waals surface area contributed by atoms with Gasteiger partial charge in [0.1, 0.15) is 4.34 Å². The number of aromatic nitrogens is 1. The standard InChI is InChI=1S/C14H19N3O3S2/c1-3-21-12-15-10(7-22-12)6-11(18)17-5-4-14(9-17)8-16(2)13(19)20-14/h7H,3-6,8-9H2,1-2H3. The minimum atomic E-state index is -0.507. The van der Waals surface area contributed by atoms with E-state index in [0.29, 0.717) is 32.5 Å². The monoisotopic (exact) mass is 341 g/mol. The summed E-state index contributed by atoms with van der Waals surface area (Å²) in [5, 5.41) is 1.95. The van der Waals surface area contributed by atoms with Gasteiger partial charge in [0, 0.05) is 25.4 Å². The molecule has 120 valence electrons. The molecule has 2 fully saturated rings. The van der Waals surface area contributed by atoms with E-state index in [1.165, 1.54) is 0 Å². The number of hydrogen-bond acceptors (Lipinski definition) is 6. The van der Waals surface area contributed by atoms with E-state index < -0.39 is 5.60 Å². The fourth-order valence-electron chi connectivity index (χ4n) is 2.89. The van der Waals surface area contributed by atoms with Crippen LogP contribution in [0, 0.1) is 0 Å². The van der Waals surface area contributed by atoms with Gasteiger partial charge in [-0.2, -0.15) is 0 Å². The van der Waals surface area contributed by atoms with E-state index in [0.717, 1.165) is 15.8 Å². The largest absolute Gasteiger partial charge is 0.439 e. The predicted molar refractivity (Wildman–Crippen MR) is 85.3 cm³/mol. The number of thiazole rings is 1. The molecule has 3 rings (SSSR count). The lowest BCUT2D eigenvalue weighted by molar-refractivity contribution is -0.130. The molecule has 22 heavy (non-hydrogen) atoms. The zero-order valence-corrected chi connectivity index (χ0v) is 14.3. The Bertz CT molecular complexity index is 592. The highest BCUT2D eigenvalue weighted by Crippen LogP contribution is 2.32. The van der Waals surface area contributed by atoms with Crippen molar-refractivity contribution in [2.24, 2.45) is 0 Å². The van der Waals surface area contributed by atoms with Crippen molar-refractivity contribution < 1.29 is 14.3 Å². The number of rotatable bonds is 4. The van der Waals surface area contributed by atoms with Crippen molar-refractivity contribution in [3.05, 3.63) is 11.1 Å². The molecule has 0 aliphatic carbocycles. The van der Waals surface area contributed by atoms with Crippen LogP contribution in [0.25, 0.3) is 0 Å². The van der Waals surface area contributed by atoms with E-state index in [1.54, 1.807) is 39.9 Å². The lowest BCUT2D eigenvalue weighted by atomic mass is 10.0. The topological polar surface area (TPSA) is 62.7 Å². The molecule has 2 aliphatic rings. The lowest BCUT2D eigenvalue weighted by Gasteiger charge is -2.21. The number of likely N-dealkylation sites (N-methyl/N-ethyl adjacent to an activating group) is 1. The van der Waals surface area contributed by atoms with E-state index in [4.69, 9.17) is 4.74 Å². The third kappa shape index (κ3) is 3.08. The van der Waals surface area contributed by atoms with Crippen molar-refractivity contribution in [1.82, 2.24) is 14.8 Å². The molecule has 8 heteroatoms. The van der Waals surface area contributed by atoms with Crippen LogP contribution in [0.4, 0.5) is 4.79 Å². The van der Waals surface area contributed by atoms with Crippen LogP contribution in [0.5, 0.6) is 0 Å². The summed E-state index contributed by atoms with van der Waals surface area (Å²) < 4.78 is 6.47. The molecule has 0 radical (unpaired) electrons. The average Bonchev–Trinajstić information content (AvgIpc) is 3.13. The highest BCUT2D eigenvalue weighted by molar-refractivity contribution is 8.00. The van der Waals surface area contributed by atoms with E-state index in [9.17, 15) is 9.59 Å². The molecule has 2 amide bonds. The Labute approximate surface area is 137 Å². The van der Waals surface area contributed by atoms with Crippen LogP contribution >= 0.6 is 23.1 Å². The van der Waals surface area contributed by atoms with E-state index in [1.807, 2.05) is 5.38 Å². The van der Waals surface area contributed by atoms with E-state index >= 15 is 0 Å². The summed E-state index contributed by atoms with van der Waals surface area (Å²) in [6.45, 7) is 3.77. The van der Waals surface area contributed by atoms with E-state index in [2.05, 4.69) is 11.9 Å². The average molecular weight is 341 g/mol. The summed E-state index contributed by atoms with van der Waals surface area (Å²) in [4.78, 5) is 31.8. The number of ether oxygens (including phenoxy) is 1. The first-order valence-electron chi connectivity index (χ1n) is 7.30. The van der Waals surface area contributed by atoms with Gasteiger partial charge in [-0.3, -0.25) is 4.79 Å². The molecule has 1 aromatic heterocycles. The van der Waals surface area contributed by atoms with Crippen LogP contribution in [0.3, 0.4) is 0 Å². The van der Waals surface area contributed by atoms with Crippen LogP contribution in [0.15, 0.2) is 9.72 Å². The van der Waals surface area contributed by atoms with Gasteiger partial charge in [-0.05, 0) is 5.75 Å². The molecule has 0 N–H and O–H groups in total. The van der Waals surface area contributed by atoms with Crippen LogP contribution < -0.4 is 0 Å². The van der Waals surface area contributed by atoms with Crippen LogP contribution in [0.1, 0.15) is 19.0 Å². The third-order valence-corrected chi connectivity index (χ3v) is 5.89. The SMILES string of the molecule is CCSc1nc(CC(=O)N2CCC3(CN(C)C(=O)O3)C2)cs1. The summed E-state index contributed by atoms with van der Waals surface area (Å²) in [6.07, 6.45) is 0.735. The number of likely N-dealkylation sites (tertiary alicyclic amines) is 1. The molecule has 0 saturated carbocycles. The predicted octanol–water partition coefficient (Wildman–Crippen LogP) is 1.85. The summed E-state index contributed by atoms with van der Waals surface area (Å²) in [5.41, 5.74) is 0.319. The van der Waals surface area contributed by atoms with Crippen molar-refractivity contribution in [2.45, 2.75) is 29.7 Å². The molecule has 0 bridgehead atoms. The molecule has 1 aromatic rings. The molecule has 2 saturated heterocycles. The molecular formula is C14H19N3O3S2. The molecule has 6 nitrogen and oxygen atoms in total. The second-order valence-electron chi connectivity index (χ2n) is 5.69. The van der Waals surface area contributed by atoms with Gasteiger partial charge in [0.05, 0.1) is 25.2 Å². The maximum atomic E-state index is 12.4. The molecule has 1 unspecified atom stereocenters. The van der Waals surface area contributed by atoms with Gasteiger partial charge in [0.2, 0.25) is 5.91 Å². The highest BCUT2D eigenvalue weighted by Gasteiger charge is 2.49. The normalized spacial score (nSPS) is 24.4. The Hall–Kier alpha value is -1.28. The first-order valence-corrected chi connectivity index (χ1v) is 9.17. The van der Waals surface area contributed by atoms with Gasteiger partial charge >= 0.3 is 6.09 Å². The Morgan fingerprint density at radius 3 is 3.05 bits per heavy atom. The molecule has 1 spiro atoms. The quantitative estimate of drug-likeness (QED) is 0.782. The van der Waals surface area contributed by atoms with Gasteiger partial charge in [-0.25, -0.2) is 9.78 Å². The van der Waals surface area contributed by atoms with Gasteiger partial charge < -0.3 is 14.5 Å². The minimum absolute atomic E-state index is 0.0563.